The van der Waals surface area contributed by atoms with Crippen LogP contribution in [0.1, 0.15) is 44.2 Å². The quantitative estimate of drug-likeness (QED) is 0.857. The van der Waals surface area contributed by atoms with Crippen LogP contribution in [0.5, 0.6) is 0 Å². The number of benzene rings is 1. The smallest absolute Gasteiger partial charge is 0.0685 e. The molecule has 2 nitrogen and oxygen atoms in total. The molecule has 2 heteroatoms. The van der Waals surface area contributed by atoms with E-state index < -0.39 is 0 Å². The Hall–Kier alpha value is -0.860. The second-order valence-electron chi connectivity index (χ2n) is 5.72. The van der Waals surface area contributed by atoms with Crippen molar-refractivity contribution in [2.24, 2.45) is 11.8 Å². The van der Waals surface area contributed by atoms with Crippen LogP contribution in [0.2, 0.25) is 0 Å². The highest BCUT2D eigenvalue weighted by Crippen LogP contribution is 2.29. The molecule has 2 N–H and O–H groups in total. The largest absolute Gasteiger partial charge is 0.392 e. The Balaban J connectivity index is 1.97. The first-order chi connectivity index (χ1) is 8.72. The summed E-state index contributed by atoms with van der Waals surface area (Å²) >= 11 is 0. The van der Waals surface area contributed by atoms with Gasteiger partial charge in [-0.2, -0.15) is 0 Å². The van der Waals surface area contributed by atoms with Crippen molar-refractivity contribution in [3.8, 4) is 0 Å². The van der Waals surface area contributed by atoms with Crippen molar-refractivity contribution in [3.63, 3.8) is 0 Å². The molecule has 0 bridgehead atoms. The molecule has 0 saturated heterocycles. The van der Waals surface area contributed by atoms with Crippen molar-refractivity contribution in [2.75, 3.05) is 0 Å². The Kier molecular flexibility index (Phi) is 4.79. The third-order valence-corrected chi connectivity index (χ3v) is 4.36. The number of aliphatic hydroxyl groups excluding tert-OH is 1. The van der Waals surface area contributed by atoms with Crippen molar-refractivity contribution < 1.29 is 5.11 Å². The van der Waals surface area contributed by atoms with Crippen molar-refractivity contribution in [1.29, 1.82) is 0 Å². The molecule has 0 spiro atoms. The van der Waals surface area contributed by atoms with Gasteiger partial charge in [0.1, 0.15) is 0 Å². The van der Waals surface area contributed by atoms with E-state index in [1.165, 1.54) is 24.8 Å². The number of nitrogens with one attached hydrogen (secondary N) is 1. The highest BCUT2D eigenvalue weighted by molar-refractivity contribution is 5.26. The van der Waals surface area contributed by atoms with Crippen molar-refractivity contribution in [1.82, 2.24) is 5.32 Å². The van der Waals surface area contributed by atoms with Crippen LogP contribution in [-0.2, 0) is 13.2 Å². The Morgan fingerprint density at radius 3 is 2.33 bits per heavy atom. The zero-order valence-electron chi connectivity index (χ0n) is 11.5. The van der Waals surface area contributed by atoms with E-state index in [4.69, 9.17) is 0 Å². The van der Waals surface area contributed by atoms with Gasteiger partial charge >= 0.3 is 0 Å². The predicted octanol–water partition coefficient (Wildman–Crippen LogP) is 3.09. The maximum atomic E-state index is 9.33. The van der Waals surface area contributed by atoms with Gasteiger partial charge in [0, 0.05) is 12.6 Å². The molecular weight excluding hydrogens is 222 g/mol. The van der Waals surface area contributed by atoms with Crippen LogP contribution >= 0.6 is 0 Å². The van der Waals surface area contributed by atoms with E-state index in [-0.39, 0.29) is 6.61 Å². The molecule has 0 aromatic heterocycles. The average molecular weight is 247 g/mol. The molecule has 100 valence electrons. The number of hydrogen-bond donors (Lipinski definition) is 2. The summed E-state index contributed by atoms with van der Waals surface area (Å²) in [4.78, 5) is 0. The molecule has 2 atom stereocenters. The van der Waals surface area contributed by atoms with E-state index in [1.54, 1.807) is 0 Å². The molecule has 0 amide bonds. The molecule has 0 aliphatic heterocycles. The van der Waals surface area contributed by atoms with Crippen molar-refractivity contribution in [3.05, 3.63) is 35.4 Å². The summed E-state index contributed by atoms with van der Waals surface area (Å²) < 4.78 is 0. The first kappa shape index (κ1) is 13.6. The lowest BCUT2D eigenvalue weighted by Crippen LogP contribution is -2.42. The van der Waals surface area contributed by atoms with Crippen LogP contribution in [0.15, 0.2) is 24.3 Å². The third-order valence-electron chi connectivity index (χ3n) is 4.36. The molecule has 1 aromatic rings. The van der Waals surface area contributed by atoms with E-state index in [9.17, 15) is 5.11 Å². The van der Waals surface area contributed by atoms with E-state index in [1.807, 2.05) is 18.2 Å². The maximum Gasteiger partial charge on any atom is 0.0685 e. The molecule has 1 aliphatic rings. The van der Waals surface area contributed by atoms with Crippen LogP contribution < -0.4 is 5.32 Å². The summed E-state index contributed by atoms with van der Waals surface area (Å²) in [5.74, 6) is 1.52. The Labute approximate surface area is 110 Å². The molecule has 1 aliphatic carbocycles. The summed E-state index contributed by atoms with van der Waals surface area (Å²) in [6.07, 6.45) is 4.04. The summed E-state index contributed by atoms with van der Waals surface area (Å²) in [5, 5.41) is 13.0. The minimum absolute atomic E-state index is 0.133. The zero-order valence-corrected chi connectivity index (χ0v) is 11.5. The van der Waals surface area contributed by atoms with Gasteiger partial charge in [-0.1, -0.05) is 44.5 Å². The topological polar surface area (TPSA) is 32.3 Å². The van der Waals surface area contributed by atoms with Crippen molar-refractivity contribution >= 4 is 0 Å². The minimum atomic E-state index is 0.133. The second-order valence-corrected chi connectivity index (χ2v) is 5.72. The first-order valence-electron chi connectivity index (χ1n) is 7.13. The fourth-order valence-electron chi connectivity index (χ4n) is 3.20. The average Bonchev–Trinajstić information content (AvgIpc) is 2.38. The van der Waals surface area contributed by atoms with Gasteiger partial charge in [-0.05, 0) is 35.8 Å². The van der Waals surface area contributed by atoms with Crippen LogP contribution in [-0.4, -0.2) is 11.1 Å². The Morgan fingerprint density at radius 1 is 1.11 bits per heavy atom. The fraction of sp³-hybridized carbons (Fsp3) is 0.625. The van der Waals surface area contributed by atoms with Crippen LogP contribution in [0.4, 0.5) is 0 Å². The molecule has 2 unspecified atom stereocenters. The normalized spacial score (nSPS) is 28.3. The van der Waals surface area contributed by atoms with Gasteiger partial charge in [0.05, 0.1) is 6.61 Å². The number of hydrogen-bond acceptors (Lipinski definition) is 2. The van der Waals surface area contributed by atoms with Crippen LogP contribution in [0, 0.1) is 11.8 Å². The van der Waals surface area contributed by atoms with Crippen LogP contribution in [0.25, 0.3) is 0 Å². The number of rotatable bonds is 4. The zero-order chi connectivity index (χ0) is 13.0. The van der Waals surface area contributed by atoms with Gasteiger partial charge in [0.15, 0.2) is 0 Å². The lowest BCUT2D eigenvalue weighted by Gasteiger charge is -2.35. The van der Waals surface area contributed by atoms with Crippen LogP contribution in [0.3, 0.4) is 0 Å². The summed E-state index contributed by atoms with van der Waals surface area (Å²) in [5.41, 5.74) is 2.27. The standard InChI is InChI=1S/C16H25NO/c1-12-6-5-7-13(2)16(12)17-10-14-8-3-4-9-15(14)11-18/h3-4,8-9,12-13,16-18H,5-7,10-11H2,1-2H3. The second kappa shape index (κ2) is 6.35. The summed E-state index contributed by atoms with van der Waals surface area (Å²) in [6, 6.07) is 8.76. The molecule has 0 radical (unpaired) electrons. The molecule has 0 heterocycles. The lowest BCUT2D eigenvalue weighted by atomic mass is 9.78. The molecule has 1 fully saturated rings. The van der Waals surface area contributed by atoms with Gasteiger partial charge in [-0.25, -0.2) is 0 Å². The van der Waals surface area contributed by atoms with E-state index in [0.29, 0.717) is 6.04 Å². The monoisotopic (exact) mass is 247 g/mol. The summed E-state index contributed by atoms with van der Waals surface area (Å²) in [7, 11) is 0. The van der Waals surface area contributed by atoms with E-state index in [2.05, 4.69) is 25.2 Å². The highest BCUT2D eigenvalue weighted by Gasteiger charge is 2.26. The van der Waals surface area contributed by atoms with E-state index >= 15 is 0 Å². The Morgan fingerprint density at radius 2 is 1.72 bits per heavy atom. The third kappa shape index (κ3) is 3.12. The molecule has 18 heavy (non-hydrogen) atoms. The molecule has 1 aromatic carbocycles. The van der Waals surface area contributed by atoms with Gasteiger partial charge in [-0.3, -0.25) is 0 Å². The van der Waals surface area contributed by atoms with Gasteiger partial charge in [-0.15, -0.1) is 0 Å². The summed E-state index contributed by atoms with van der Waals surface area (Å²) in [6.45, 7) is 5.71. The molecule has 2 rings (SSSR count). The first-order valence-corrected chi connectivity index (χ1v) is 7.13. The number of aliphatic hydroxyl groups is 1. The fourth-order valence-corrected chi connectivity index (χ4v) is 3.20. The van der Waals surface area contributed by atoms with E-state index in [0.717, 1.165) is 23.9 Å². The Bertz CT molecular complexity index is 367. The van der Waals surface area contributed by atoms with Gasteiger partial charge in [0.25, 0.3) is 0 Å². The van der Waals surface area contributed by atoms with Gasteiger partial charge < -0.3 is 10.4 Å². The van der Waals surface area contributed by atoms with Gasteiger partial charge in [0.2, 0.25) is 0 Å². The SMILES string of the molecule is CC1CCCC(C)C1NCc1ccccc1CO. The molecular formula is C16H25NO. The highest BCUT2D eigenvalue weighted by atomic mass is 16.3. The van der Waals surface area contributed by atoms with Crippen molar-refractivity contribution in [2.45, 2.75) is 52.3 Å². The minimum Gasteiger partial charge on any atom is -0.392 e. The maximum absolute atomic E-state index is 9.33. The predicted molar refractivity (Wildman–Crippen MR) is 75.2 cm³/mol. The molecule has 1 saturated carbocycles. The lowest BCUT2D eigenvalue weighted by molar-refractivity contribution is 0.207.